The van der Waals surface area contributed by atoms with Crippen molar-refractivity contribution in [3.63, 3.8) is 0 Å². The highest BCUT2D eigenvalue weighted by Gasteiger charge is 2.64. The second kappa shape index (κ2) is 5.21. The summed E-state index contributed by atoms with van der Waals surface area (Å²) in [7, 11) is 0. The minimum absolute atomic E-state index is 0.0132. The van der Waals surface area contributed by atoms with Crippen molar-refractivity contribution in [2.75, 3.05) is 0 Å². The lowest BCUT2D eigenvalue weighted by Gasteiger charge is -2.46. The quantitative estimate of drug-likeness (QED) is 0.695. The van der Waals surface area contributed by atoms with Crippen LogP contribution in [0.4, 0.5) is 0 Å². The van der Waals surface area contributed by atoms with Crippen LogP contribution in [0, 0.1) is 0 Å². The summed E-state index contributed by atoms with van der Waals surface area (Å²) in [6.07, 6.45) is 13.8. The van der Waals surface area contributed by atoms with E-state index in [4.69, 9.17) is 14.2 Å². The van der Waals surface area contributed by atoms with E-state index in [9.17, 15) is 0 Å². The van der Waals surface area contributed by atoms with Crippen molar-refractivity contribution in [3.05, 3.63) is 0 Å². The van der Waals surface area contributed by atoms with Crippen molar-refractivity contribution in [1.82, 2.24) is 0 Å². The van der Waals surface area contributed by atoms with E-state index in [0.29, 0.717) is 24.4 Å². The molecule has 2 aliphatic carbocycles. The van der Waals surface area contributed by atoms with Crippen LogP contribution in [0.15, 0.2) is 0 Å². The van der Waals surface area contributed by atoms with Gasteiger partial charge in [0, 0.05) is 0 Å². The number of hydrogen-bond donors (Lipinski definition) is 0. The topological polar surface area (TPSA) is 34.3 Å². The van der Waals surface area contributed by atoms with Crippen LogP contribution >= 0.6 is 0 Å². The Labute approximate surface area is 128 Å². The van der Waals surface area contributed by atoms with Crippen LogP contribution in [0.3, 0.4) is 0 Å². The van der Waals surface area contributed by atoms with Gasteiger partial charge in [-0.3, -0.25) is 0 Å². The summed E-state index contributed by atoms with van der Waals surface area (Å²) < 4.78 is 19.0. The number of fused-ring (bicyclic) bond motifs is 2. The Morgan fingerprint density at radius 3 is 1.76 bits per heavy atom. The van der Waals surface area contributed by atoms with Crippen LogP contribution in [0.2, 0.25) is 0 Å². The van der Waals surface area contributed by atoms with Gasteiger partial charge in [0.25, 0.3) is 0 Å². The Kier molecular flexibility index (Phi) is 3.59. The fourth-order valence-electron chi connectivity index (χ4n) is 5.25. The van der Waals surface area contributed by atoms with Gasteiger partial charge in [0.2, 0.25) is 0 Å². The van der Waals surface area contributed by atoms with Gasteiger partial charge in [-0.05, 0) is 51.4 Å². The van der Waals surface area contributed by atoms with Gasteiger partial charge in [0.05, 0.1) is 23.4 Å². The summed E-state index contributed by atoms with van der Waals surface area (Å²) in [5, 5.41) is 0. The molecule has 4 aliphatic rings. The zero-order chi connectivity index (χ0) is 14.5. The molecule has 2 aliphatic heterocycles. The molecule has 21 heavy (non-hydrogen) atoms. The molecule has 0 aromatic heterocycles. The monoisotopic (exact) mass is 294 g/mol. The number of rotatable bonds is 6. The van der Waals surface area contributed by atoms with E-state index in [0.717, 1.165) is 12.8 Å². The van der Waals surface area contributed by atoms with Crippen LogP contribution in [0.5, 0.6) is 0 Å². The lowest BCUT2D eigenvalue weighted by atomic mass is 9.77. The second-order valence-corrected chi connectivity index (χ2v) is 7.71. The van der Waals surface area contributed by atoms with Gasteiger partial charge in [-0.15, -0.1) is 0 Å². The van der Waals surface area contributed by atoms with E-state index in [1.54, 1.807) is 0 Å². The number of ether oxygens (including phenoxy) is 3. The molecule has 0 aromatic carbocycles. The van der Waals surface area contributed by atoms with E-state index >= 15 is 0 Å². The average molecular weight is 294 g/mol. The first-order valence-corrected chi connectivity index (χ1v) is 9.24. The third-order valence-electron chi connectivity index (χ3n) is 6.13. The average Bonchev–Trinajstić information content (AvgIpc) is 3.33. The molecule has 0 spiro atoms. The maximum atomic E-state index is 7.05. The standard InChI is InChI=1S/C18H30O3/c1-3-9-17(11-5-7-13-15(17)19-13)21-18(10-4-2)12-6-8-14-16(18)20-14/h13-16H,3-12H2,1-2H3. The van der Waals surface area contributed by atoms with Crippen molar-refractivity contribution >= 4 is 0 Å². The fraction of sp³-hybridized carbons (Fsp3) is 1.00. The number of hydrogen-bond acceptors (Lipinski definition) is 3. The van der Waals surface area contributed by atoms with Crippen LogP contribution in [0.25, 0.3) is 0 Å². The molecule has 3 heteroatoms. The fourth-order valence-corrected chi connectivity index (χ4v) is 5.25. The molecular weight excluding hydrogens is 264 g/mol. The predicted octanol–water partition coefficient (Wildman–Crippen LogP) is 3.98. The molecule has 0 amide bonds. The molecule has 0 aromatic rings. The van der Waals surface area contributed by atoms with E-state index in [-0.39, 0.29) is 11.2 Å². The largest absolute Gasteiger partial charge is 0.366 e. The molecule has 0 N–H and O–H groups in total. The summed E-state index contributed by atoms with van der Waals surface area (Å²) in [5.74, 6) is 0. The third-order valence-corrected chi connectivity index (χ3v) is 6.13. The zero-order valence-electron chi connectivity index (χ0n) is 13.6. The van der Waals surface area contributed by atoms with Crippen LogP contribution in [-0.2, 0) is 14.2 Å². The summed E-state index contributed by atoms with van der Waals surface area (Å²) >= 11 is 0. The minimum Gasteiger partial charge on any atom is -0.366 e. The Morgan fingerprint density at radius 1 is 0.857 bits per heavy atom. The molecule has 4 fully saturated rings. The van der Waals surface area contributed by atoms with Crippen molar-refractivity contribution in [2.24, 2.45) is 0 Å². The number of epoxide rings is 2. The highest BCUT2D eigenvalue weighted by Crippen LogP contribution is 2.55. The summed E-state index contributed by atoms with van der Waals surface area (Å²) in [5.41, 5.74) is -0.0264. The molecular formula is C18H30O3. The van der Waals surface area contributed by atoms with E-state index in [1.807, 2.05) is 0 Å². The van der Waals surface area contributed by atoms with E-state index < -0.39 is 0 Å². The van der Waals surface area contributed by atoms with Crippen molar-refractivity contribution in [3.8, 4) is 0 Å². The molecule has 6 atom stereocenters. The molecule has 0 bridgehead atoms. The molecule has 2 saturated carbocycles. The Bertz CT molecular complexity index is 354. The lowest BCUT2D eigenvalue weighted by Crippen LogP contribution is -2.53. The minimum atomic E-state index is -0.0132. The summed E-state index contributed by atoms with van der Waals surface area (Å²) in [6, 6.07) is 0. The molecule has 2 saturated heterocycles. The van der Waals surface area contributed by atoms with Gasteiger partial charge < -0.3 is 14.2 Å². The molecule has 6 unspecified atom stereocenters. The Hall–Kier alpha value is -0.120. The SMILES string of the molecule is CCCC1(OC2(CCC)CCCC3OC32)CCCC2OC21. The molecule has 4 rings (SSSR count). The van der Waals surface area contributed by atoms with Gasteiger partial charge in [-0.2, -0.15) is 0 Å². The van der Waals surface area contributed by atoms with Crippen molar-refractivity contribution in [2.45, 2.75) is 114 Å². The first-order chi connectivity index (χ1) is 10.2. The predicted molar refractivity (Wildman–Crippen MR) is 81.4 cm³/mol. The molecule has 2 heterocycles. The van der Waals surface area contributed by atoms with Gasteiger partial charge in [-0.1, -0.05) is 26.7 Å². The molecule has 3 nitrogen and oxygen atoms in total. The second-order valence-electron chi connectivity index (χ2n) is 7.71. The lowest BCUT2D eigenvalue weighted by molar-refractivity contribution is -0.194. The smallest absolute Gasteiger partial charge is 0.113 e. The molecule has 120 valence electrons. The highest BCUT2D eigenvalue weighted by atomic mass is 16.7. The Balaban J connectivity index is 1.58. The first-order valence-electron chi connectivity index (χ1n) is 9.24. The maximum Gasteiger partial charge on any atom is 0.113 e. The van der Waals surface area contributed by atoms with Gasteiger partial charge in [-0.25, -0.2) is 0 Å². The highest BCUT2D eigenvalue weighted by molar-refractivity contribution is 5.12. The van der Waals surface area contributed by atoms with Gasteiger partial charge >= 0.3 is 0 Å². The van der Waals surface area contributed by atoms with Gasteiger partial charge in [0.1, 0.15) is 12.2 Å². The van der Waals surface area contributed by atoms with E-state index in [2.05, 4.69) is 13.8 Å². The first kappa shape index (κ1) is 14.5. The molecule has 0 radical (unpaired) electrons. The maximum absolute atomic E-state index is 7.05. The van der Waals surface area contributed by atoms with Crippen LogP contribution in [0.1, 0.15) is 78.1 Å². The summed E-state index contributed by atoms with van der Waals surface area (Å²) in [4.78, 5) is 0. The van der Waals surface area contributed by atoms with Gasteiger partial charge in [0.15, 0.2) is 0 Å². The van der Waals surface area contributed by atoms with Crippen LogP contribution < -0.4 is 0 Å². The normalized spacial score (nSPS) is 51.1. The summed E-state index contributed by atoms with van der Waals surface area (Å²) in [6.45, 7) is 4.56. The van der Waals surface area contributed by atoms with Crippen LogP contribution in [-0.4, -0.2) is 35.6 Å². The Morgan fingerprint density at radius 2 is 1.33 bits per heavy atom. The van der Waals surface area contributed by atoms with E-state index in [1.165, 1.54) is 51.4 Å². The zero-order valence-corrected chi connectivity index (χ0v) is 13.6. The van der Waals surface area contributed by atoms with Crippen molar-refractivity contribution in [1.29, 1.82) is 0 Å². The third kappa shape index (κ3) is 2.36. The van der Waals surface area contributed by atoms with Crippen molar-refractivity contribution < 1.29 is 14.2 Å².